The van der Waals surface area contributed by atoms with Crippen LogP contribution in [0.5, 0.6) is 0 Å². The van der Waals surface area contributed by atoms with Gasteiger partial charge >= 0.3 is 0 Å². The molecule has 1 aliphatic heterocycles. The van der Waals surface area contributed by atoms with Gasteiger partial charge in [-0.25, -0.2) is 4.68 Å². The molecule has 1 N–H and O–H groups in total. The molecule has 0 bridgehead atoms. The van der Waals surface area contributed by atoms with E-state index in [4.69, 9.17) is 0 Å². The normalized spacial score (nSPS) is 17.9. The molecule has 15 heavy (non-hydrogen) atoms. The highest BCUT2D eigenvalue weighted by Crippen LogP contribution is 1.99. The molecule has 0 amide bonds. The summed E-state index contributed by atoms with van der Waals surface area (Å²) in [5, 5.41) is 10.7. The Balaban J connectivity index is 1.94. The van der Waals surface area contributed by atoms with Crippen molar-refractivity contribution in [1.82, 2.24) is 25.2 Å². The van der Waals surface area contributed by atoms with Crippen molar-refractivity contribution in [3.63, 3.8) is 0 Å². The van der Waals surface area contributed by atoms with Crippen molar-refractivity contribution in [3.05, 3.63) is 11.9 Å². The summed E-state index contributed by atoms with van der Waals surface area (Å²) >= 11 is 0. The van der Waals surface area contributed by atoms with Gasteiger partial charge < -0.3 is 5.32 Å². The molecule has 1 aromatic rings. The summed E-state index contributed by atoms with van der Waals surface area (Å²) in [6.45, 7) is 4.23. The van der Waals surface area contributed by atoms with Crippen LogP contribution in [0, 0.1) is 0 Å². The Morgan fingerprint density at radius 1 is 1.53 bits per heavy atom. The Hall–Kier alpha value is -1.27. The van der Waals surface area contributed by atoms with Gasteiger partial charge in [0.05, 0.1) is 12.7 Å². The Morgan fingerprint density at radius 2 is 2.27 bits per heavy atom. The molecule has 0 aliphatic carbocycles. The maximum atomic E-state index is 11.8. The molecular formula is C9H15N5O. The topological polar surface area (TPSA) is 63.1 Å². The summed E-state index contributed by atoms with van der Waals surface area (Å²) in [6.07, 6.45) is 1.52. The van der Waals surface area contributed by atoms with Crippen molar-refractivity contribution >= 4 is 5.78 Å². The van der Waals surface area contributed by atoms with Crippen LogP contribution in [0.15, 0.2) is 6.20 Å². The van der Waals surface area contributed by atoms with Crippen LogP contribution in [0.3, 0.4) is 0 Å². The molecule has 0 spiro atoms. The van der Waals surface area contributed by atoms with Crippen LogP contribution in [0.25, 0.3) is 0 Å². The lowest BCUT2D eigenvalue weighted by molar-refractivity contribution is 0.0912. The zero-order chi connectivity index (χ0) is 10.7. The van der Waals surface area contributed by atoms with Gasteiger partial charge in [0.25, 0.3) is 0 Å². The van der Waals surface area contributed by atoms with Crippen molar-refractivity contribution in [3.8, 4) is 0 Å². The maximum absolute atomic E-state index is 11.8. The Labute approximate surface area is 88.2 Å². The fraction of sp³-hybridized carbons (Fsp3) is 0.667. The van der Waals surface area contributed by atoms with Gasteiger partial charge in [0.2, 0.25) is 0 Å². The summed E-state index contributed by atoms with van der Waals surface area (Å²) in [5.74, 6) is 0.0874. The van der Waals surface area contributed by atoms with Crippen LogP contribution in [0.2, 0.25) is 0 Å². The van der Waals surface area contributed by atoms with E-state index in [0.29, 0.717) is 12.2 Å². The third-order valence-electron chi connectivity index (χ3n) is 2.58. The smallest absolute Gasteiger partial charge is 0.196 e. The number of hydrogen-bond donors (Lipinski definition) is 1. The van der Waals surface area contributed by atoms with Crippen LogP contribution in [-0.2, 0) is 7.05 Å². The lowest BCUT2D eigenvalue weighted by Crippen LogP contribution is -2.45. The minimum Gasteiger partial charge on any atom is -0.314 e. The van der Waals surface area contributed by atoms with Gasteiger partial charge in [-0.1, -0.05) is 5.21 Å². The molecule has 1 fully saturated rings. The molecule has 0 atom stereocenters. The number of nitrogens with zero attached hydrogens (tertiary/aromatic N) is 4. The highest BCUT2D eigenvalue weighted by atomic mass is 16.1. The van der Waals surface area contributed by atoms with Gasteiger partial charge in [0, 0.05) is 33.2 Å². The highest BCUT2D eigenvalue weighted by molar-refractivity contribution is 5.95. The molecule has 0 unspecified atom stereocenters. The van der Waals surface area contributed by atoms with Gasteiger partial charge in [-0.15, -0.1) is 5.10 Å². The van der Waals surface area contributed by atoms with E-state index in [9.17, 15) is 4.79 Å². The molecule has 2 heterocycles. The van der Waals surface area contributed by atoms with Crippen LogP contribution < -0.4 is 5.32 Å². The molecule has 1 saturated heterocycles. The van der Waals surface area contributed by atoms with Gasteiger partial charge in [-0.05, 0) is 0 Å². The third kappa shape index (κ3) is 2.40. The number of rotatable bonds is 3. The second kappa shape index (κ2) is 4.50. The number of carbonyl (C=O) groups is 1. The first-order valence-corrected chi connectivity index (χ1v) is 5.08. The predicted molar refractivity (Wildman–Crippen MR) is 54.6 cm³/mol. The first-order valence-electron chi connectivity index (χ1n) is 5.08. The predicted octanol–water partition coefficient (Wildman–Crippen LogP) is -1.10. The summed E-state index contributed by atoms with van der Waals surface area (Å²) in [4.78, 5) is 14.0. The number of nitrogens with one attached hydrogen (secondary N) is 1. The Morgan fingerprint density at radius 3 is 2.87 bits per heavy atom. The molecule has 2 rings (SSSR count). The molecule has 0 aromatic carbocycles. The largest absolute Gasteiger partial charge is 0.314 e. The van der Waals surface area contributed by atoms with Gasteiger partial charge in [-0.2, -0.15) is 0 Å². The summed E-state index contributed by atoms with van der Waals surface area (Å²) in [5.41, 5.74) is 0.577. The van der Waals surface area contributed by atoms with Crippen molar-refractivity contribution in [2.24, 2.45) is 7.05 Å². The fourth-order valence-electron chi connectivity index (χ4n) is 1.70. The number of hydrogen-bond acceptors (Lipinski definition) is 5. The van der Waals surface area contributed by atoms with Crippen LogP contribution in [0.1, 0.15) is 10.5 Å². The van der Waals surface area contributed by atoms with E-state index in [0.717, 1.165) is 26.2 Å². The SMILES string of the molecule is Cn1nncc1C(=O)CN1CCNCC1. The molecular weight excluding hydrogens is 194 g/mol. The zero-order valence-corrected chi connectivity index (χ0v) is 8.81. The van der Waals surface area contributed by atoms with Crippen molar-refractivity contribution in [2.45, 2.75) is 0 Å². The van der Waals surface area contributed by atoms with Gasteiger partial charge in [-0.3, -0.25) is 9.69 Å². The Kier molecular flexibility index (Phi) is 3.08. The molecule has 0 saturated carbocycles. The van der Waals surface area contributed by atoms with E-state index in [-0.39, 0.29) is 5.78 Å². The standard InChI is InChI=1S/C9H15N5O/c1-13-8(6-11-12-13)9(15)7-14-4-2-10-3-5-14/h6,10H,2-5,7H2,1H3. The van der Waals surface area contributed by atoms with Gasteiger partial charge in [0.15, 0.2) is 5.78 Å². The van der Waals surface area contributed by atoms with Crippen molar-refractivity contribution in [1.29, 1.82) is 0 Å². The van der Waals surface area contributed by atoms with E-state index in [1.54, 1.807) is 7.05 Å². The minimum atomic E-state index is 0.0874. The average Bonchev–Trinajstić information content (AvgIpc) is 2.66. The monoisotopic (exact) mass is 209 g/mol. The summed E-state index contributed by atoms with van der Waals surface area (Å²) in [6, 6.07) is 0. The lowest BCUT2D eigenvalue weighted by Gasteiger charge is -2.26. The molecule has 6 heteroatoms. The lowest BCUT2D eigenvalue weighted by atomic mass is 10.2. The third-order valence-corrected chi connectivity index (χ3v) is 2.58. The van der Waals surface area contributed by atoms with E-state index in [1.165, 1.54) is 10.9 Å². The first-order chi connectivity index (χ1) is 7.27. The fourth-order valence-corrected chi connectivity index (χ4v) is 1.70. The molecule has 0 radical (unpaired) electrons. The summed E-state index contributed by atoms with van der Waals surface area (Å²) < 4.78 is 1.52. The van der Waals surface area contributed by atoms with Crippen LogP contribution in [0.4, 0.5) is 0 Å². The molecule has 82 valence electrons. The number of ketones is 1. The zero-order valence-electron chi connectivity index (χ0n) is 8.81. The van der Waals surface area contributed by atoms with E-state index < -0.39 is 0 Å². The minimum absolute atomic E-state index is 0.0874. The molecule has 6 nitrogen and oxygen atoms in total. The number of piperazine rings is 1. The first kappa shape index (κ1) is 10.3. The highest BCUT2D eigenvalue weighted by Gasteiger charge is 2.17. The summed E-state index contributed by atoms with van der Waals surface area (Å²) in [7, 11) is 1.73. The Bertz CT molecular complexity index is 342. The molecule has 1 aliphatic rings. The second-order valence-corrected chi connectivity index (χ2v) is 3.69. The quantitative estimate of drug-likeness (QED) is 0.640. The number of aryl methyl sites for hydroxylation is 1. The van der Waals surface area contributed by atoms with Crippen molar-refractivity contribution < 1.29 is 4.79 Å². The van der Waals surface area contributed by atoms with Crippen LogP contribution in [-0.4, -0.2) is 58.4 Å². The van der Waals surface area contributed by atoms with Crippen molar-refractivity contribution in [2.75, 3.05) is 32.7 Å². The molecule has 1 aromatic heterocycles. The number of Topliss-reactive ketones (excluding diaryl/α,β-unsaturated/α-hetero) is 1. The van der Waals surface area contributed by atoms with E-state index >= 15 is 0 Å². The maximum Gasteiger partial charge on any atom is 0.196 e. The van der Waals surface area contributed by atoms with Gasteiger partial charge in [0.1, 0.15) is 5.69 Å². The average molecular weight is 209 g/mol. The number of aromatic nitrogens is 3. The second-order valence-electron chi connectivity index (χ2n) is 3.69. The van der Waals surface area contributed by atoms with E-state index in [2.05, 4.69) is 20.5 Å². The van der Waals surface area contributed by atoms with Crippen LogP contribution >= 0.6 is 0 Å². The van der Waals surface area contributed by atoms with E-state index in [1.807, 2.05) is 0 Å². The number of carbonyl (C=O) groups excluding carboxylic acids is 1.